The van der Waals surface area contributed by atoms with Crippen LogP contribution in [0.4, 0.5) is 4.39 Å². The molecule has 1 N–H and O–H groups in total. The van der Waals surface area contributed by atoms with Crippen molar-refractivity contribution in [3.63, 3.8) is 0 Å². The van der Waals surface area contributed by atoms with Gasteiger partial charge in [0.05, 0.1) is 0 Å². The smallest absolute Gasteiger partial charge is 0.123 e. The lowest BCUT2D eigenvalue weighted by Crippen LogP contribution is -2.17. The van der Waals surface area contributed by atoms with E-state index in [1.807, 2.05) is 6.07 Å². The van der Waals surface area contributed by atoms with Gasteiger partial charge < -0.3 is 5.32 Å². The van der Waals surface area contributed by atoms with Crippen molar-refractivity contribution >= 4 is 11.3 Å². The van der Waals surface area contributed by atoms with E-state index in [0.29, 0.717) is 0 Å². The highest BCUT2D eigenvalue weighted by Crippen LogP contribution is 2.18. The first kappa shape index (κ1) is 12.3. The molecule has 2 rings (SSSR count). The number of thiophene rings is 1. The van der Waals surface area contributed by atoms with E-state index in [2.05, 4.69) is 31.3 Å². The Morgan fingerprint density at radius 1 is 1.29 bits per heavy atom. The summed E-state index contributed by atoms with van der Waals surface area (Å²) in [5.41, 5.74) is 0.985. The molecule has 0 bridgehead atoms. The summed E-state index contributed by atoms with van der Waals surface area (Å²) in [6.07, 6.45) is 0. The standard InChI is InChI=1S/C14H16FNS/c1-10-6-7-14(17-10)9-16-11(2)12-4-3-5-13(15)8-12/h3-8,11,16H,9H2,1-2H3. The van der Waals surface area contributed by atoms with E-state index in [-0.39, 0.29) is 11.9 Å². The third-order valence-electron chi connectivity index (χ3n) is 2.73. The van der Waals surface area contributed by atoms with Crippen LogP contribution in [0, 0.1) is 12.7 Å². The topological polar surface area (TPSA) is 12.0 Å². The fraction of sp³-hybridized carbons (Fsp3) is 0.286. The summed E-state index contributed by atoms with van der Waals surface area (Å²) in [6, 6.07) is 11.2. The second kappa shape index (κ2) is 5.43. The summed E-state index contributed by atoms with van der Waals surface area (Å²) in [7, 11) is 0. The van der Waals surface area contributed by atoms with Crippen molar-refractivity contribution in [2.45, 2.75) is 26.4 Å². The molecule has 1 nitrogen and oxygen atoms in total. The highest BCUT2D eigenvalue weighted by Gasteiger charge is 2.06. The van der Waals surface area contributed by atoms with Crippen molar-refractivity contribution in [2.24, 2.45) is 0 Å². The summed E-state index contributed by atoms with van der Waals surface area (Å²) < 4.78 is 13.1. The number of halogens is 1. The van der Waals surface area contributed by atoms with Crippen LogP contribution in [0.25, 0.3) is 0 Å². The normalized spacial score (nSPS) is 12.6. The molecule has 0 spiro atoms. The predicted molar refractivity (Wildman–Crippen MR) is 70.7 cm³/mol. The van der Waals surface area contributed by atoms with Crippen LogP contribution < -0.4 is 5.32 Å². The Morgan fingerprint density at radius 2 is 2.12 bits per heavy atom. The third-order valence-corrected chi connectivity index (χ3v) is 3.73. The first-order valence-corrected chi connectivity index (χ1v) is 6.51. The van der Waals surface area contributed by atoms with E-state index in [4.69, 9.17) is 0 Å². The fourth-order valence-electron chi connectivity index (χ4n) is 1.73. The molecular formula is C14H16FNS. The van der Waals surface area contributed by atoms with Gasteiger partial charge in [-0.2, -0.15) is 0 Å². The Labute approximate surface area is 105 Å². The van der Waals surface area contributed by atoms with Gasteiger partial charge in [0, 0.05) is 22.3 Å². The molecule has 0 radical (unpaired) electrons. The highest BCUT2D eigenvalue weighted by molar-refractivity contribution is 7.11. The number of benzene rings is 1. The fourth-order valence-corrected chi connectivity index (χ4v) is 2.57. The molecule has 0 aliphatic carbocycles. The molecule has 0 fully saturated rings. The second-order valence-corrected chi connectivity index (χ2v) is 5.54. The number of rotatable bonds is 4. The largest absolute Gasteiger partial charge is 0.305 e. The van der Waals surface area contributed by atoms with E-state index in [9.17, 15) is 4.39 Å². The SMILES string of the molecule is Cc1ccc(CNC(C)c2cccc(F)c2)s1. The lowest BCUT2D eigenvalue weighted by molar-refractivity contribution is 0.568. The van der Waals surface area contributed by atoms with E-state index in [0.717, 1.165) is 12.1 Å². The minimum absolute atomic E-state index is 0.160. The molecule has 1 aromatic carbocycles. The number of hydrogen-bond donors (Lipinski definition) is 1. The number of nitrogens with one attached hydrogen (secondary N) is 1. The molecule has 0 aliphatic heterocycles. The van der Waals surface area contributed by atoms with Gasteiger partial charge in [-0.15, -0.1) is 11.3 Å². The minimum Gasteiger partial charge on any atom is -0.305 e. The van der Waals surface area contributed by atoms with Gasteiger partial charge in [-0.1, -0.05) is 12.1 Å². The zero-order chi connectivity index (χ0) is 12.3. The van der Waals surface area contributed by atoms with Gasteiger partial charge in [0.15, 0.2) is 0 Å². The molecule has 17 heavy (non-hydrogen) atoms. The molecule has 0 saturated heterocycles. The summed E-state index contributed by atoms with van der Waals surface area (Å²) >= 11 is 1.79. The first-order valence-electron chi connectivity index (χ1n) is 5.69. The maximum atomic E-state index is 13.1. The zero-order valence-corrected chi connectivity index (χ0v) is 10.9. The van der Waals surface area contributed by atoms with Crippen LogP contribution in [0.1, 0.15) is 28.3 Å². The number of aryl methyl sites for hydroxylation is 1. The summed E-state index contributed by atoms with van der Waals surface area (Å²) in [5, 5.41) is 3.40. The van der Waals surface area contributed by atoms with Gasteiger partial charge in [0.1, 0.15) is 5.82 Å². The average Bonchev–Trinajstić information content (AvgIpc) is 2.72. The summed E-state index contributed by atoms with van der Waals surface area (Å²) in [6.45, 7) is 4.98. The van der Waals surface area contributed by atoms with Crippen LogP contribution in [-0.2, 0) is 6.54 Å². The van der Waals surface area contributed by atoms with Crippen molar-refractivity contribution in [3.8, 4) is 0 Å². The Bertz CT molecular complexity index is 492. The van der Waals surface area contributed by atoms with Gasteiger partial charge in [0.25, 0.3) is 0 Å². The molecule has 0 amide bonds. The predicted octanol–water partition coefficient (Wildman–Crippen LogP) is 4.05. The van der Waals surface area contributed by atoms with Crippen LogP contribution in [0.3, 0.4) is 0 Å². The highest BCUT2D eigenvalue weighted by atomic mass is 32.1. The van der Waals surface area contributed by atoms with Gasteiger partial charge in [0.2, 0.25) is 0 Å². The van der Waals surface area contributed by atoms with E-state index < -0.39 is 0 Å². The average molecular weight is 249 g/mol. The van der Waals surface area contributed by atoms with Crippen molar-refractivity contribution in [3.05, 3.63) is 57.5 Å². The molecule has 1 aromatic heterocycles. The van der Waals surface area contributed by atoms with E-state index in [1.54, 1.807) is 23.5 Å². The molecule has 2 aromatic rings. The first-order chi connectivity index (χ1) is 8.15. The van der Waals surface area contributed by atoms with Crippen molar-refractivity contribution in [1.29, 1.82) is 0 Å². The summed E-state index contributed by atoms with van der Waals surface area (Å²) in [5.74, 6) is -0.178. The maximum absolute atomic E-state index is 13.1. The molecule has 1 heterocycles. The lowest BCUT2D eigenvalue weighted by atomic mass is 10.1. The molecule has 1 unspecified atom stereocenters. The molecule has 90 valence electrons. The van der Waals surface area contributed by atoms with Gasteiger partial charge in [-0.05, 0) is 43.7 Å². The van der Waals surface area contributed by atoms with Crippen LogP contribution in [0.2, 0.25) is 0 Å². The zero-order valence-electron chi connectivity index (χ0n) is 10.0. The Balaban J connectivity index is 1.95. The second-order valence-electron chi connectivity index (χ2n) is 4.17. The lowest BCUT2D eigenvalue weighted by Gasteiger charge is -2.13. The van der Waals surface area contributed by atoms with Crippen molar-refractivity contribution in [2.75, 3.05) is 0 Å². The van der Waals surface area contributed by atoms with Crippen LogP contribution >= 0.6 is 11.3 Å². The molecular weight excluding hydrogens is 233 g/mol. The van der Waals surface area contributed by atoms with Crippen molar-refractivity contribution in [1.82, 2.24) is 5.32 Å². The van der Waals surface area contributed by atoms with Gasteiger partial charge >= 0.3 is 0 Å². The van der Waals surface area contributed by atoms with Gasteiger partial charge in [-0.3, -0.25) is 0 Å². The molecule has 1 atom stereocenters. The van der Waals surface area contributed by atoms with Crippen molar-refractivity contribution < 1.29 is 4.39 Å². The summed E-state index contributed by atoms with van der Waals surface area (Å²) in [4.78, 5) is 2.63. The monoisotopic (exact) mass is 249 g/mol. The van der Waals surface area contributed by atoms with Crippen LogP contribution in [-0.4, -0.2) is 0 Å². The maximum Gasteiger partial charge on any atom is 0.123 e. The Morgan fingerprint density at radius 3 is 2.76 bits per heavy atom. The van der Waals surface area contributed by atoms with Crippen LogP contribution in [0.5, 0.6) is 0 Å². The number of hydrogen-bond acceptors (Lipinski definition) is 2. The molecule has 0 saturated carbocycles. The minimum atomic E-state index is -0.178. The van der Waals surface area contributed by atoms with E-state index in [1.165, 1.54) is 15.8 Å². The van der Waals surface area contributed by atoms with Gasteiger partial charge in [-0.25, -0.2) is 4.39 Å². The Kier molecular flexibility index (Phi) is 3.92. The van der Waals surface area contributed by atoms with E-state index >= 15 is 0 Å². The Hall–Kier alpha value is -1.19. The molecule has 0 aliphatic rings. The third kappa shape index (κ3) is 3.38. The molecule has 3 heteroatoms. The van der Waals surface area contributed by atoms with Crippen LogP contribution in [0.15, 0.2) is 36.4 Å². The quantitative estimate of drug-likeness (QED) is 0.862.